The average molecular weight is 302 g/mol. The minimum atomic E-state index is 0.404. The van der Waals surface area contributed by atoms with E-state index in [2.05, 4.69) is 21.4 Å². The smallest absolute Gasteiger partial charge is 0.225 e. The number of hydrogen-bond donors (Lipinski definition) is 1. The maximum Gasteiger partial charge on any atom is 0.225 e. The van der Waals surface area contributed by atoms with Crippen molar-refractivity contribution in [3.05, 3.63) is 29.8 Å². The third-order valence-electron chi connectivity index (χ3n) is 2.63. The Labute approximate surface area is 127 Å². The Morgan fingerprint density at radius 1 is 1.24 bits per heavy atom. The monoisotopic (exact) mass is 302 g/mol. The van der Waals surface area contributed by atoms with E-state index in [1.165, 1.54) is 18.9 Å². The maximum atomic E-state index is 8.90. The average Bonchev–Trinajstić information content (AvgIpc) is 2.54. The lowest BCUT2D eigenvalue weighted by atomic mass is 10.2. The Morgan fingerprint density at radius 3 is 2.67 bits per heavy atom. The number of nitrogens with zero attached hydrogens (tertiary/aromatic N) is 3. The minimum Gasteiger partial charge on any atom is -0.493 e. The molecule has 108 valence electrons. The summed E-state index contributed by atoms with van der Waals surface area (Å²) in [5.74, 6) is 2.03. The number of anilines is 1. The van der Waals surface area contributed by atoms with Gasteiger partial charge in [0.2, 0.25) is 5.88 Å². The van der Waals surface area contributed by atoms with Gasteiger partial charge in [-0.3, -0.25) is 0 Å². The summed E-state index contributed by atoms with van der Waals surface area (Å²) < 4.78 is 11.0. The Morgan fingerprint density at radius 2 is 2.05 bits per heavy atom. The quantitative estimate of drug-likeness (QED) is 0.672. The summed E-state index contributed by atoms with van der Waals surface area (Å²) in [4.78, 5) is 8.55. The molecule has 1 aromatic heterocycles. The summed E-state index contributed by atoms with van der Waals surface area (Å²) in [5, 5.41) is 12.5. The first-order valence-electron chi connectivity index (χ1n) is 6.07. The highest BCUT2D eigenvalue weighted by molar-refractivity contribution is 7.98. The highest BCUT2D eigenvalue weighted by atomic mass is 32.2. The fourth-order valence-electron chi connectivity index (χ4n) is 1.61. The summed E-state index contributed by atoms with van der Waals surface area (Å²) in [5.41, 5.74) is 0.502. The molecule has 0 aliphatic heterocycles. The lowest BCUT2D eigenvalue weighted by Crippen LogP contribution is -1.99. The van der Waals surface area contributed by atoms with E-state index in [1.807, 2.05) is 6.26 Å². The Hall–Kier alpha value is -2.46. The van der Waals surface area contributed by atoms with Crippen LogP contribution in [0.2, 0.25) is 0 Å². The number of hydrogen-bond acceptors (Lipinski definition) is 7. The van der Waals surface area contributed by atoms with Crippen molar-refractivity contribution in [3.8, 4) is 23.4 Å². The van der Waals surface area contributed by atoms with Crippen molar-refractivity contribution in [3.63, 3.8) is 0 Å². The van der Waals surface area contributed by atoms with Gasteiger partial charge in [-0.15, -0.1) is 0 Å². The molecule has 0 saturated heterocycles. The first kappa shape index (κ1) is 14.9. The molecule has 0 spiro atoms. The Balaban J connectivity index is 2.35. The largest absolute Gasteiger partial charge is 0.493 e. The van der Waals surface area contributed by atoms with E-state index >= 15 is 0 Å². The molecule has 0 saturated carbocycles. The zero-order chi connectivity index (χ0) is 15.2. The van der Waals surface area contributed by atoms with Crippen molar-refractivity contribution in [1.82, 2.24) is 9.97 Å². The molecule has 0 aliphatic rings. The third kappa shape index (κ3) is 3.55. The van der Waals surface area contributed by atoms with E-state index < -0.39 is 0 Å². The lowest BCUT2D eigenvalue weighted by molar-refractivity contribution is 0.372. The standard InChI is InChI=1S/C14H14N4O2S/c1-16-12-7-13(18-14(17-12)21-3)20-10-5-4-9(8-15)6-11(10)19-2/h4-7H,1-3H3,(H,16,17,18). The fraction of sp³-hybridized carbons (Fsp3) is 0.214. The summed E-state index contributed by atoms with van der Waals surface area (Å²) in [6.45, 7) is 0. The van der Waals surface area contributed by atoms with Crippen LogP contribution in [0.25, 0.3) is 0 Å². The molecular formula is C14H14N4O2S. The van der Waals surface area contributed by atoms with E-state index in [0.717, 1.165) is 0 Å². The van der Waals surface area contributed by atoms with Gasteiger partial charge in [-0.2, -0.15) is 10.2 Å². The number of thioether (sulfide) groups is 1. The van der Waals surface area contributed by atoms with Crippen molar-refractivity contribution in [2.75, 3.05) is 25.7 Å². The van der Waals surface area contributed by atoms with Crippen LogP contribution in [0.15, 0.2) is 29.4 Å². The molecular weight excluding hydrogens is 288 g/mol. The van der Waals surface area contributed by atoms with Crippen molar-refractivity contribution < 1.29 is 9.47 Å². The second-order valence-corrected chi connectivity index (χ2v) is 4.68. The van der Waals surface area contributed by atoms with Gasteiger partial charge in [0.1, 0.15) is 5.82 Å². The molecule has 21 heavy (non-hydrogen) atoms. The van der Waals surface area contributed by atoms with E-state index in [0.29, 0.717) is 33.9 Å². The van der Waals surface area contributed by atoms with Gasteiger partial charge in [-0.05, 0) is 18.4 Å². The van der Waals surface area contributed by atoms with Crippen LogP contribution in [0.5, 0.6) is 17.4 Å². The number of rotatable bonds is 5. The van der Waals surface area contributed by atoms with Crippen molar-refractivity contribution in [2.45, 2.75) is 5.16 Å². The molecule has 0 aliphatic carbocycles. The van der Waals surface area contributed by atoms with Gasteiger partial charge < -0.3 is 14.8 Å². The Bertz CT molecular complexity index is 663. The third-order valence-corrected chi connectivity index (χ3v) is 3.18. The number of benzene rings is 1. The van der Waals surface area contributed by atoms with Gasteiger partial charge in [0.25, 0.3) is 0 Å². The van der Waals surface area contributed by atoms with E-state index in [4.69, 9.17) is 14.7 Å². The molecule has 0 atom stereocenters. The molecule has 0 bridgehead atoms. The molecule has 0 fully saturated rings. The number of nitriles is 1. The molecule has 2 rings (SSSR count). The molecule has 1 aromatic carbocycles. The van der Waals surface area contributed by atoms with Crippen LogP contribution >= 0.6 is 11.8 Å². The lowest BCUT2D eigenvalue weighted by Gasteiger charge is -2.11. The summed E-state index contributed by atoms with van der Waals surface area (Å²) in [7, 11) is 3.30. The van der Waals surface area contributed by atoms with Crippen LogP contribution in [-0.4, -0.2) is 30.4 Å². The van der Waals surface area contributed by atoms with E-state index in [1.54, 1.807) is 31.3 Å². The van der Waals surface area contributed by atoms with Gasteiger partial charge in [0.05, 0.1) is 18.7 Å². The molecule has 1 heterocycles. The van der Waals surface area contributed by atoms with Crippen LogP contribution in [-0.2, 0) is 0 Å². The van der Waals surface area contributed by atoms with Crippen molar-refractivity contribution >= 4 is 17.6 Å². The summed E-state index contributed by atoms with van der Waals surface area (Å²) in [6.07, 6.45) is 1.89. The van der Waals surface area contributed by atoms with Crippen LogP contribution in [0.3, 0.4) is 0 Å². The molecule has 2 aromatic rings. The SMILES string of the molecule is CNc1cc(Oc2ccc(C#N)cc2OC)nc(SC)n1. The second kappa shape index (κ2) is 6.81. The normalized spacial score (nSPS) is 9.81. The number of aromatic nitrogens is 2. The van der Waals surface area contributed by atoms with E-state index in [-0.39, 0.29) is 0 Å². The minimum absolute atomic E-state index is 0.404. The second-order valence-electron chi connectivity index (χ2n) is 3.91. The van der Waals surface area contributed by atoms with Crippen LogP contribution in [0, 0.1) is 11.3 Å². The van der Waals surface area contributed by atoms with Gasteiger partial charge in [0, 0.05) is 19.2 Å². The molecule has 0 radical (unpaired) electrons. The highest BCUT2D eigenvalue weighted by Crippen LogP contribution is 2.32. The van der Waals surface area contributed by atoms with Crippen LogP contribution in [0.4, 0.5) is 5.82 Å². The first-order valence-corrected chi connectivity index (χ1v) is 7.29. The van der Waals surface area contributed by atoms with Gasteiger partial charge >= 0.3 is 0 Å². The number of methoxy groups -OCH3 is 1. The highest BCUT2D eigenvalue weighted by Gasteiger charge is 2.10. The molecule has 7 heteroatoms. The van der Waals surface area contributed by atoms with Gasteiger partial charge in [-0.1, -0.05) is 11.8 Å². The Kier molecular flexibility index (Phi) is 4.85. The van der Waals surface area contributed by atoms with Crippen molar-refractivity contribution in [2.24, 2.45) is 0 Å². The van der Waals surface area contributed by atoms with E-state index in [9.17, 15) is 0 Å². The van der Waals surface area contributed by atoms with Crippen LogP contribution < -0.4 is 14.8 Å². The molecule has 1 N–H and O–H groups in total. The van der Waals surface area contributed by atoms with Crippen molar-refractivity contribution in [1.29, 1.82) is 5.26 Å². The van der Waals surface area contributed by atoms with Gasteiger partial charge in [0.15, 0.2) is 16.7 Å². The topological polar surface area (TPSA) is 80.1 Å². The molecule has 0 amide bonds. The van der Waals surface area contributed by atoms with Crippen LogP contribution in [0.1, 0.15) is 5.56 Å². The fourth-order valence-corrected chi connectivity index (χ4v) is 1.98. The molecule has 0 unspecified atom stereocenters. The van der Waals surface area contributed by atoms with Gasteiger partial charge in [-0.25, -0.2) is 4.98 Å². The number of ether oxygens (including phenoxy) is 2. The zero-order valence-electron chi connectivity index (χ0n) is 11.9. The number of nitrogens with one attached hydrogen (secondary N) is 1. The maximum absolute atomic E-state index is 8.90. The first-order chi connectivity index (χ1) is 10.2. The summed E-state index contributed by atoms with van der Waals surface area (Å²) in [6, 6.07) is 8.70. The summed E-state index contributed by atoms with van der Waals surface area (Å²) >= 11 is 1.42. The predicted molar refractivity (Wildman–Crippen MR) is 81.1 cm³/mol. The molecule has 6 nitrogen and oxygen atoms in total. The predicted octanol–water partition coefficient (Wildman–Crippen LogP) is 2.91. The zero-order valence-corrected chi connectivity index (χ0v) is 12.7.